The molecule has 0 aliphatic carbocycles. The number of thioether (sulfide) groups is 1. The Labute approximate surface area is 121 Å². The Hall–Kier alpha value is -1.85. The summed E-state index contributed by atoms with van der Waals surface area (Å²) in [5.41, 5.74) is 1.13. The third-order valence-corrected chi connectivity index (χ3v) is 3.89. The molecular formula is C15H15NO3S. The summed E-state index contributed by atoms with van der Waals surface area (Å²) in [6.45, 7) is 3.72. The van der Waals surface area contributed by atoms with Crippen molar-refractivity contribution in [2.24, 2.45) is 0 Å². The molecule has 1 heterocycles. The second-order valence-electron chi connectivity index (χ2n) is 4.15. The lowest BCUT2D eigenvalue weighted by atomic mass is 10.1. The fourth-order valence-electron chi connectivity index (χ4n) is 1.99. The molecule has 0 aromatic heterocycles. The summed E-state index contributed by atoms with van der Waals surface area (Å²) >= 11 is 1.21. The molecule has 1 aromatic rings. The molecule has 1 aliphatic heterocycles. The molecule has 2 rings (SSSR count). The quantitative estimate of drug-likeness (QED) is 0.639. The molecule has 1 N–H and O–H groups in total. The molecule has 0 saturated heterocycles. The van der Waals surface area contributed by atoms with Crippen LogP contribution in [-0.2, 0) is 9.59 Å². The lowest BCUT2D eigenvalue weighted by Gasteiger charge is -2.11. The van der Waals surface area contributed by atoms with E-state index in [2.05, 4.69) is 6.58 Å². The average Bonchev–Trinajstić information content (AvgIpc) is 2.70. The third-order valence-electron chi connectivity index (χ3n) is 2.84. The number of amides is 2. The topological polar surface area (TPSA) is 57.6 Å². The number of rotatable bonds is 6. The molecule has 0 bridgehead atoms. The van der Waals surface area contributed by atoms with E-state index in [4.69, 9.17) is 5.11 Å². The van der Waals surface area contributed by atoms with Crippen LogP contribution in [0.4, 0.5) is 0 Å². The highest BCUT2D eigenvalue weighted by Crippen LogP contribution is 2.35. The number of carbonyl (C=O) groups excluding carboxylic acids is 2. The van der Waals surface area contributed by atoms with E-state index in [1.54, 1.807) is 12.1 Å². The Morgan fingerprint density at radius 3 is 2.50 bits per heavy atom. The van der Waals surface area contributed by atoms with Gasteiger partial charge in [-0.05, 0) is 5.56 Å². The van der Waals surface area contributed by atoms with Gasteiger partial charge in [-0.3, -0.25) is 14.5 Å². The van der Waals surface area contributed by atoms with Gasteiger partial charge in [0, 0.05) is 12.3 Å². The predicted octanol–water partition coefficient (Wildman–Crippen LogP) is 1.68. The first kappa shape index (κ1) is 14.6. The molecule has 104 valence electrons. The number of imide groups is 1. The highest BCUT2D eigenvalue weighted by atomic mass is 32.2. The number of nitrogens with zero attached hydrogens (tertiary/aromatic N) is 1. The maximum atomic E-state index is 12.4. The van der Waals surface area contributed by atoms with Gasteiger partial charge in [0.2, 0.25) is 0 Å². The highest BCUT2D eigenvalue weighted by Gasteiger charge is 2.38. The van der Waals surface area contributed by atoms with Gasteiger partial charge in [0.25, 0.3) is 11.8 Å². The minimum atomic E-state index is -0.313. The van der Waals surface area contributed by atoms with Crippen molar-refractivity contribution in [2.75, 3.05) is 18.9 Å². The van der Waals surface area contributed by atoms with Gasteiger partial charge < -0.3 is 5.11 Å². The van der Waals surface area contributed by atoms with Gasteiger partial charge in [-0.2, -0.15) is 0 Å². The molecule has 0 unspecified atom stereocenters. The van der Waals surface area contributed by atoms with Gasteiger partial charge in [-0.25, -0.2) is 0 Å². The number of hydrogen-bond donors (Lipinski definition) is 1. The summed E-state index contributed by atoms with van der Waals surface area (Å²) < 4.78 is 0. The largest absolute Gasteiger partial charge is 0.396 e. The van der Waals surface area contributed by atoms with Crippen molar-refractivity contribution in [3.05, 3.63) is 53.5 Å². The number of carbonyl (C=O) groups is 2. The first-order chi connectivity index (χ1) is 9.70. The van der Waals surface area contributed by atoms with Crippen molar-refractivity contribution >= 4 is 29.1 Å². The first-order valence-corrected chi connectivity index (χ1v) is 7.19. The maximum absolute atomic E-state index is 12.4. The lowest BCUT2D eigenvalue weighted by Crippen LogP contribution is -2.31. The molecule has 1 aromatic carbocycles. The van der Waals surface area contributed by atoms with Crippen LogP contribution in [-0.4, -0.2) is 40.7 Å². The van der Waals surface area contributed by atoms with E-state index in [1.165, 1.54) is 22.7 Å². The van der Waals surface area contributed by atoms with Crippen molar-refractivity contribution in [2.45, 2.75) is 0 Å². The smallest absolute Gasteiger partial charge is 0.268 e. The molecule has 0 radical (unpaired) electrons. The second kappa shape index (κ2) is 6.54. The molecule has 0 spiro atoms. The molecular weight excluding hydrogens is 274 g/mol. The molecule has 2 amide bonds. The molecule has 0 fully saturated rings. The van der Waals surface area contributed by atoms with Crippen molar-refractivity contribution in [3.63, 3.8) is 0 Å². The lowest BCUT2D eigenvalue weighted by molar-refractivity contribution is -0.135. The second-order valence-corrected chi connectivity index (χ2v) is 5.26. The van der Waals surface area contributed by atoms with Crippen LogP contribution in [0.3, 0.4) is 0 Å². The van der Waals surface area contributed by atoms with Crippen LogP contribution in [0.25, 0.3) is 5.57 Å². The van der Waals surface area contributed by atoms with Crippen LogP contribution in [0.5, 0.6) is 0 Å². The Bertz CT molecular complexity index is 566. The van der Waals surface area contributed by atoms with Gasteiger partial charge in [0.1, 0.15) is 0 Å². The van der Waals surface area contributed by atoms with E-state index in [0.717, 1.165) is 5.56 Å². The number of aliphatic hydroxyl groups is 1. The van der Waals surface area contributed by atoms with Crippen LogP contribution >= 0.6 is 11.8 Å². The van der Waals surface area contributed by atoms with Gasteiger partial charge in [-0.1, -0.05) is 36.4 Å². The molecule has 1 aliphatic rings. The van der Waals surface area contributed by atoms with E-state index in [1.807, 2.05) is 18.2 Å². The van der Waals surface area contributed by atoms with Crippen LogP contribution in [0.2, 0.25) is 0 Å². The number of hydrogen-bond acceptors (Lipinski definition) is 4. The first-order valence-electron chi connectivity index (χ1n) is 6.21. The Morgan fingerprint density at radius 2 is 1.90 bits per heavy atom. The van der Waals surface area contributed by atoms with Gasteiger partial charge in [0.05, 0.1) is 17.1 Å². The van der Waals surface area contributed by atoms with E-state index < -0.39 is 0 Å². The van der Waals surface area contributed by atoms with E-state index in [-0.39, 0.29) is 25.0 Å². The summed E-state index contributed by atoms with van der Waals surface area (Å²) in [6.07, 6.45) is 1.53. The minimum absolute atomic E-state index is 0.0425. The molecule has 4 nitrogen and oxygen atoms in total. The summed E-state index contributed by atoms with van der Waals surface area (Å²) in [5.74, 6) is -0.235. The maximum Gasteiger partial charge on any atom is 0.268 e. The fourth-order valence-corrected chi connectivity index (χ4v) is 2.87. The minimum Gasteiger partial charge on any atom is -0.396 e. The zero-order valence-electron chi connectivity index (χ0n) is 10.9. The van der Waals surface area contributed by atoms with E-state index in [9.17, 15) is 9.59 Å². The number of benzene rings is 1. The Kier molecular flexibility index (Phi) is 4.76. The fraction of sp³-hybridized carbons (Fsp3) is 0.200. The van der Waals surface area contributed by atoms with Crippen molar-refractivity contribution in [1.29, 1.82) is 0 Å². The Morgan fingerprint density at radius 1 is 1.20 bits per heavy atom. The van der Waals surface area contributed by atoms with Crippen molar-refractivity contribution < 1.29 is 14.7 Å². The van der Waals surface area contributed by atoms with Crippen LogP contribution in [0.1, 0.15) is 5.56 Å². The predicted molar refractivity (Wildman–Crippen MR) is 79.8 cm³/mol. The van der Waals surface area contributed by atoms with Gasteiger partial charge >= 0.3 is 0 Å². The normalized spacial score (nSPS) is 15.2. The van der Waals surface area contributed by atoms with Gasteiger partial charge in [-0.15, -0.1) is 18.3 Å². The molecule has 20 heavy (non-hydrogen) atoms. The number of aliphatic hydroxyl groups excluding tert-OH is 1. The van der Waals surface area contributed by atoms with Crippen molar-refractivity contribution in [3.8, 4) is 0 Å². The summed E-state index contributed by atoms with van der Waals surface area (Å²) in [6, 6.07) is 9.11. The summed E-state index contributed by atoms with van der Waals surface area (Å²) in [4.78, 5) is 26.3. The van der Waals surface area contributed by atoms with E-state index in [0.29, 0.717) is 16.2 Å². The van der Waals surface area contributed by atoms with Crippen LogP contribution in [0.15, 0.2) is 47.9 Å². The van der Waals surface area contributed by atoms with Crippen LogP contribution in [0, 0.1) is 0 Å². The summed E-state index contributed by atoms with van der Waals surface area (Å²) in [5, 5.41) is 8.94. The SMILES string of the molecule is C=CCN1C(=O)C(SCCO)=C(c2ccccc2)C1=O. The average molecular weight is 289 g/mol. The molecule has 0 atom stereocenters. The van der Waals surface area contributed by atoms with Crippen molar-refractivity contribution in [1.82, 2.24) is 4.90 Å². The molecule has 0 saturated carbocycles. The zero-order chi connectivity index (χ0) is 14.5. The van der Waals surface area contributed by atoms with Crippen LogP contribution < -0.4 is 0 Å². The third kappa shape index (κ3) is 2.69. The summed E-state index contributed by atoms with van der Waals surface area (Å²) in [7, 11) is 0. The monoisotopic (exact) mass is 289 g/mol. The zero-order valence-corrected chi connectivity index (χ0v) is 11.7. The molecule has 5 heteroatoms. The van der Waals surface area contributed by atoms with Gasteiger partial charge in [0.15, 0.2) is 0 Å². The Balaban J connectivity index is 2.44. The van der Waals surface area contributed by atoms with E-state index >= 15 is 0 Å². The standard InChI is InChI=1S/C15H15NO3S/c1-2-8-16-14(18)12(11-6-4-3-5-7-11)13(15(16)19)20-10-9-17/h2-7,17H,1,8-10H2. The highest BCUT2D eigenvalue weighted by molar-refractivity contribution is 8.04.